The van der Waals surface area contributed by atoms with Crippen LogP contribution < -0.4 is 13.7 Å². The second-order valence-electron chi connectivity index (χ2n) is 19.7. The van der Waals surface area contributed by atoms with E-state index in [0.717, 1.165) is 25.7 Å². The number of fused-ring (bicyclic) bond motifs is 5. The Morgan fingerprint density at radius 1 is 0.484 bits per heavy atom. The summed E-state index contributed by atoms with van der Waals surface area (Å²) >= 11 is -5.88. The molecule has 0 amide bonds. The molecule has 0 N–H and O–H groups in total. The van der Waals surface area contributed by atoms with Gasteiger partial charge in [0, 0.05) is 0 Å². The maximum atomic E-state index is 9.50. The monoisotopic (exact) mass is 1040 g/mol. The van der Waals surface area contributed by atoms with Crippen molar-refractivity contribution in [3.05, 3.63) is 172 Å². The van der Waals surface area contributed by atoms with Crippen LogP contribution in [0.15, 0.2) is 139 Å². The van der Waals surface area contributed by atoms with Gasteiger partial charge in [-0.1, -0.05) is 0 Å². The van der Waals surface area contributed by atoms with Gasteiger partial charge in [-0.05, 0) is 0 Å². The fraction of sp³-hybridized carbons (Fsp3) is 0.310. The van der Waals surface area contributed by atoms with Gasteiger partial charge in [-0.3, -0.25) is 0 Å². The van der Waals surface area contributed by atoms with Crippen molar-refractivity contribution in [2.24, 2.45) is 11.8 Å². The van der Waals surface area contributed by atoms with Crippen molar-refractivity contribution in [3.63, 3.8) is 0 Å². The third kappa shape index (κ3) is 7.19. The molecule has 0 saturated heterocycles. The molecule has 3 aliphatic rings. The Balaban J connectivity index is 1.37. The Morgan fingerprint density at radius 2 is 0.903 bits per heavy atom. The van der Waals surface area contributed by atoms with Gasteiger partial charge in [-0.2, -0.15) is 0 Å². The van der Waals surface area contributed by atoms with Crippen molar-refractivity contribution in [3.8, 4) is 33.4 Å². The van der Waals surface area contributed by atoms with E-state index >= 15 is 0 Å². The van der Waals surface area contributed by atoms with Crippen LogP contribution in [0.2, 0.25) is 0 Å². The van der Waals surface area contributed by atoms with E-state index in [1.165, 1.54) is 91.6 Å². The van der Waals surface area contributed by atoms with Crippen molar-refractivity contribution in [2.45, 2.75) is 100 Å². The van der Waals surface area contributed by atoms with Crippen molar-refractivity contribution in [2.75, 3.05) is 0 Å². The summed E-state index contributed by atoms with van der Waals surface area (Å²) < 4.78 is 1.15. The van der Waals surface area contributed by atoms with E-state index in [-0.39, 0.29) is 7.35 Å². The Morgan fingerprint density at radius 3 is 1.39 bits per heavy atom. The van der Waals surface area contributed by atoms with E-state index in [4.69, 9.17) is 0 Å². The van der Waals surface area contributed by atoms with Crippen LogP contribution in [0.1, 0.15) is 134 Å². The fourth-order valence-corrected chi connectivity index (χ4v) is 50.7. The second kappa shape index (κ2) is 17.1. The zero-order chi connectivity index (χ0) is 43.5. The first kappa shape index (κ1) is 43.7. The number of allylic oxidation sites excluding steroid dienone is 2. The first-order valence-electron chi connectivity index (χ1n) is 23.5. The molecule has 0 aromatic heterocycles. The molecule has 9 rings (SSSR count). The molecule has 2 aliphatic carbocycles. The normalized spacial score (nSPS) is 18.5. The summed E-state index contributed by atoms with van der Waals surface area (Å²) in [7, 11) is 18.1. The van der Waals surface area contributed by atoms with Gasteiger partial charge in [0.2, 0.25) is 0 Å². The molecule has 0 radical (unpaired) electrons. The van der Waals surface area contributed by atoms with Gasteiger partial charge in [0.05, 0.1) is 0 Å². The van der Waals surface area contributed by atoms with E-state index in [1.807, 2.05) is 0 Å². The standard InChI is InChI=1S/2C23H27.C12H9Si.2ClH.Hf/c2*1-5-17(4)20-10-6-7-11-21(20)22-12-8-9-19-14-18(13-16(2)3)15-23(19)22;1-3-7-11-9(5-1)10-6-2-4-8-12(10)13-11;;;/h2*6-12,14-17H,5,13H2,1-4H3;1-7H,13H2;2*1H;/q;;;;;+2/p-2. The van der Waals surface area contributed by atoms with Gasteiger partial charge in [0.1, 0.15) is 0 Å². The summed E-state index contributed by atoms with van der Waals surface area (Å²) in [5, 5.41) is 2.99. The van der Waals surface area contributed by atoms with Crippen molar-refractivity contribution < 1.29 is 16.1 Å². The summed E-state index contributed by atoms with van der Waals surface area (Å²) in [5.74, 6) is 1.77. The maximum absolute atomic E-state index is 9.50. The van der Waals surface area contributed by atoms with Gasteiger partial charge in [-0.15, -0.1) is 0 Å². The average molecular weight is 1040 g/mol. The minimum atomic E-state index is -5.88. The van der Waals surface area contributed by atoms with Crippen LogP contribution in [0.4, 0.5) is 0 Å². The number of rotatable bonds is 13. The molecule has 317 valence electrons. The van der Waals surface area contributed by atoms with Gasteiger partial charge in [0.15, 0.2) is 0 Å². The van der Waals surface area contributed by atoms with Crippen LogP contribution in [-0.4, -0.2) is 9.52 Å². The Kier molecular flexibility index (Phi) is 12.1. The predicted molar refractivity (Wildman–Crippen MR) is 273 cm³/mol. The molecule has 1 aliphatic heterocycles. The summed E-state index contributed by atoms with van der Waals surface area (Å²) in [6.07, 6.45) is 9.23. The second-order valence-corrected chi connectivity index (χ2v) is 50.8. The van der Waals surface area contributed by atoms with Gasteiger partial charge >= 0.3 is 386 Å². The molecule has 4 unspecified atom stereocenters. The average Bonchev–Trinajstić information content (AvgIpc) is 3.97. The number of hydrogen-bond donors (Lipinski definition) is 0. The first-order valence-corrected chi connectivity index (χ1v) is 39.7. The van der Waals surface area contributed by atoms with Crippen LogP contribution in [-0.2, 0) is 16.1 Å². The third-order valence-electron chi connectivity index (χ3n) is 14.8. The molecular weight excluding hydrogens is 974 g/mol. The topological polar surface area (TPSA) is 0 Å². The van der Waals surface area contributed by atoms with Crippen molar-refractivity contribution in [1.29, 1.82) is 0 Å². The van der Waals surface area contributed by atoms with E-state index in [0.29, 0.717) is 23.7 Å². The van der Waals surface area contributed by atoms with E-state index in [2.05, 4.69) is 195 Å². The predicted octanol–water partition coefficient (Wildman–Crippen LogP) is 15.1. The van der Waals surface area contributed by atoms with Gasteiger partial charge in [0.25, 0.3) is 0 Å². The molecular formula is C58H63Cl2HfSi. The Labute approximate surface area is 383 Å². The molecule has 4 atom stereocenters. The van der Waals surface area contributed by atoms with E-state index in [1.54, 1.807) is 0 Å². The Hall–Kier alpha value is -3.53. The minimum absolute atomic E-state index is 0.0878. The first-order chi connectivity index (χ1) is 29.8. The van der Waals surface area contributed by atoms with Crippen molar-refractivity contribution in [1.82, 2.24) is 0 Å². The molecule has 1 heterocycles. The van der Waals surface area contributed by atoms with Crippen LogP contribution in [0.3, 0.4) is 0 Å². The zero-order valence-electron chi connectivity index (χ0n) is 38.0. The number of halogens is 2. The summed E-state index contributed by atoms with van der Waals surface area (Å²) in [6.45, 7) is 18.8. The zero-order valence-corrected chi connectivity index (χ0v) is 44.6. The molecule has 0 saturated carbocycles. The summed E-state index contributed by atoms with van der Waals surface area (Å²) in [6, 6.07) is 48.6. The van der Waals surface area contributed by atoms with Gasteiger partial charge < -0.3 is 0 Å². The quantitative estimate of drug-likeness (QED) is 0.101. The van der Waals surface area contributed by atoms with Crippen molar-refractivity contribution >= 4 is 52.5 Å². The van der Waals surface area contributed by atoms with Gasteiger partial charge in [-0.25, -0.2) is 0 Å². The molecule has 0 bridgehead atoms. The molecule has 6 aromatic carbocycles. The SMILES string of the molecule is CCC(C)c1ccccc1-c1cccc2c1C=C(CC(C)C)[CH]2[Hf]([Cl])([Cl])([c]1cccc2c1[SiH2]c1ccccc1-2)[CH]1C(CC(C)C)=Cc2c(-c3ccccc3C(C)CC)cccc21. The fourth-order valence-electron chi connectivity index (χ4n) is 11.8. The van der Waals surface area contributed by atoms with Crippen LogP contribution >= 0.6 is 17.2 Å². The molecule has 62 heavy (non-hydrogen) atoms. The van der Waals surface area contributed by atoms with Crippen LogP contribution in [0, 0.1) is 11.8 Å². The number of hydrogen-bond acceptors (Lipinski definition) is 0. The number of benzene rings is 6. The molecule has 6 aromatic rings. The van der Waals surface area contributed by atoms with Crippen LogP contribution in [0.25, 0.3) is 45.5 Å². The van der Waals surface area contributed by atoms with Crippen LogP contribution in [0.5, 0.6) is 0 Å². The van der Waals surface area contributed by atoms with E-state index < -0.39 is 25.7 Å². The third-order valence-corrected chi connectivity index (χ3v) is 46.5. The molecule has 0 fully saturated rings. The Bertz CT molecular complexity index is 2620. The molecule has 0 spiro atoms. The molecule has 0 nitrogen and oxygen atoms in total. The molecule has 4 heteroatoms. The summed E-state index contributed by atoms with van der Waals surface area (Å²) in [4.78, 5) is 0. The van der Waals surface area contributed by atoms with E-state index in [9.17, 15) is 17.2 Å². The summed E-state index contributed by atoms with van der Waals surface area (Å²) in [5.41, 5.74) is 19.0.